The Kier molecular flexibility index (Phi) is 6.99. The molecule has 1 aliphatic rings. The number of hydrogen-bond donors (Lipinski definition) is 0. The fourth-order valence-corrected chi connectivity index (χ4v) is 4.78. The van der Waals surface area contributed by atoms with E-state index in [1.165, 1.54) is 4.68 Å². The zero-order valence-electron chi connectivity index (χ0n) is 18.2. The highest BCUT2D eigenvalue weighted by atomic mass is 79.9. The van der Waals surface area contributed by atoms with E-state index < -0.39 is 18.0 Å². The molecule has 176 valence electrons. The van der Waals surface area contributed by atoms with E-state index in [2.05, 4.69) is 21.0 Å². The molecule has 2 aromatic carbocycles. The minimum atomic E-state index is -4.58. The van der Waals surface area contributed by atoms with Gasteiger partial charge in [0.05, 0.1) is 44.0 Å². The minimum Gasteiger partial charge on any atom is -0.497 e. The quantitative estimate of drug-likeness (QED) is 0.333. The summed E-state index contributed by atoms with van der Waals surface area (Å²) in [5.41, 5.74) is 1.45. The molecule has 5 nitrogen and oxygen atoms in total. The first-order valence-corrected chi connectivity index (χ1v) is 11.4. The third-order valence-corrected chi connectivity index (χ3v) is 6.59. The van der Waals surface area contributed by atoms with Crippen molar-refractivity contribution in [3.63, 3.8) is 0 Å². The second-order valence-corrected chi connectivity index (χ2v) is 8.95. The molecule has 0 fully saturated rings. The molecule has 0 radical (unpaired) electrons. The smallest absolute Gasteiger partial charge is 0.435 e. The van der Waals surface area contributed by atoms with Crippen molar-refractivity contribution >= 4 is 15.9 Å². The maximum atomic E-state index is 14.0. The van der Waals surface area contributed by atoms with Gasteiger partial charge in [-0.05, 0) is 48.2 Å². The highest BCUT2D eigenvalue weighted by molar-refractivity contribution is 9.09. The molecule has 9 heteroatoms. The van der Waals surface area contributed by atoms with Crippen LogP contribution in [0.1, 0.15) is 51.9 Å². The topological polar surface area (TPSA) is 45.5 Å². The molecule has 0 amide bonds. The second-order valence-electron chi connectivity index (χ2n) is 7.84. The summed E-state index contributed by atoms with van der Waals surface area (Å²) in [4.78, 5) is -0.241. The summed E-state index contributed by atoms with van der Waals surface area (Å²) < 4.78 is 59.8. The average Bonchev–Trinajstić information content (AvgIpc) is 3.20. The first kappa shape index (κ1) is 23.6. The highest BCUT2D eigenvalue weighted by Crippen LogP contribution is 2.48. The number of methoxy groups -OCH3 is 2. The van der Waals surface area contributed by atoms with Crippen molar-refractivity contribution in [2.45, 2.75) is 43.1 Å². The highest BCUT2D eigenvalue weighted by Gasteiger charge is 2.44. The Morgan fingerprint density at radius 2 is 1.52 bits per heavy atom. The lowest BCUT2D eigenvalue weighted by atomic mass is 9.92. The van der Waals surface area contributed by atoms with Crippen LogP contribution < -0.4 is 9.47 Å². The predicted octanol–water partition coefficient (Wildman–Crippen LogP) is 6.46. The molecule has 0 N–H and O–H groups in total. The van der Waals surface area contributed by atoms with Crippen LogP contribution in [0, 0.1) is 0 Å². The van der Waals surface area contributed by atoms with E-state index in [1.54, 1.807) is 38.5 Å². The molecule has 2 atom stereocenters. The van der Waals surface area contributed by atoms with Crippen LogP contribution >= 0.6 is 15.9 Å². The summed E-state index contributed by atoms with van der Waals surface area (Å²) in [6.07, 6.45) is -4.17. The standard InChI is InChI=1S/C24H24BrF3N2O3/c1-31-17-7-3-15(4-8-17)13-30-22-19(25)11-12-20(21(22)23(29-30)24(26,27)28)33-14-16-5-9-18(32-2)10-6-16/h3-10,19-20H,11-14H2,1-2H3. The summed E-state index contributed by atoms with van der Waals surface area (Å²) in [5.74, 6) is 1.39. The van der Waals surface area contributed by atoms with E-state index in [9.17, 15) is 13.2 Å². The fraction of sp³-hybridized carbons (Fsp3) is 0.375. The SMILES string of the molecule is COc1ccc(COC2CCC(Br)c3c2c(C(F)(F)F)nn3Cc2ccc(OC)cc2)cc1. The maximum Gasteiger partial charge on any atom is 0.435 e. The van der Waals surface area contributed by atoms with E-state index in [0.717, 1.165) is 11.1 Å². The Morgan fingerprint density at radius 3 is 2.06 bits per heavy atom. The molecule has 0 saturated carbocycles. The molecule has 1 heterocycles. The van der Waals surface area contributed by atoms with Crippen molar-refractivity contribution < 1.29 is 27.4 Å². The van der Waals surface area contributed by atoms with Crippen molar-refractivity contribution in [3.05, 3.63) is 76.6 Å². The fourth-order valence-electron chi connectivity index (χ4n) is 4.03. The van der Waals surface area contributed by atoms with Crippen LogP contribution in [0.25, 0.3) is 0 Å². The van der Waals surface area contributed by atoms with Gasteiger partial charge < -0.3 is 14.2 Å². The third kappa shape index (κ3) is 5.19. The number of ether oxygens (including phenoxy) is 3. The number of rotatable bonds is 7. The van der Waals surface area contributed by atoms with Crippen molar-refractivity contribution in [2.75, 3.05) is 14.2 Å². The van der Waals surface area contributed by atoms with Gasteiger partial charge in [-0.15, -0.1) is 0 Å². The predicted molar refractivity (Wildman–Crippen MR) is 121 cm³/mol. The summed E-state index contributed by atoms with van der Waals surface area (Å²) >= 11 is 3.58. The second kappa shape index (κ2) is 9.77. The molecule has 3 aromatic rings. The normalized spacial score (nSPS) is 18.1. The van der Waals surface area contributed by atoms with E-state index in [-0.39, 0.29) is 23.5 Å². The molecule has 0 aliphatic heterocycles. The van der Waals surface area contributed by atoms with E-state index in [4.69, 9.17) is 14.2 Å². The molecule has 0 bridgehead atoms. The van der Waals surface area contributed by atoms with Crippen LogP contribution in [-0.2, 0) is 24.1 Å². The van der Waals surface area contributed by atoms with Gasteiger partial charge in [-0.3, -0.25) is 4.68 Å². The molecule has 33 heavy (non-hydrogen) atoms. The lowest BCUT2D eigenvalue weighted by molar-refractivity contribution is -0.143. The number of hydrogen-bond acceptors (Lipinski definition) is 4. The Bertz CT molecular complexity index is 1080. The lowest BCUT2D eigenvalue weighted by Crippen LogP contribution is -2.19. The van der Waals surface area contributed by atoms with Gasteiger partial charge in [-0.25, -0.2) is 0 Å². The van der Waals surface area contributed by atoms with E-state index >= 15 is 0 Å². The Labute approximate surface area is 198 Å². The average molecular weight is 525 g/mol. The van der Waals surface area contributed by atoms with Crippen molar-refractivity contribution in [2.24, 2.45) is 0 Å². The van der Waals surface area contributed by atoms with Crippen LogP contribution in [0.2, 0.25) is 0 Å². The largest absolute Gasteiger partial charge is 0.497 e. The number of benzene rings is 2. The van der Waals surface area contributed by atoms with E-state index in [1.807, 2.05) is 24.3 Å². The van der Waals surface area contributed by atoms with Gasteiger partial charge in [0.2, 0.25) is 0 Å². The van der Waals surface area contributed by atoms with Crippen LogP contribution in [0.4, 0.5) is 13.2 Å². The Hall–Kier alpha value is -2.52. The molecule has 1 aromatic heterocycles. The number of fused-ring (bicyclic) bond motifs is 1. The van der Waals surface area contributed by atoms with Crippen molar-refractivity contribution in [3.8, 4) is 11.5 Å². The van der Waals surface area contributed by atoms with Crippen molar-refractivity contribution in [1.29, 1.82) is 0 Å². The van der Waals surface area contributed by atoms with Crippen LogP contribution in [-0.4, -0.2) is 24.0 Å². The van der Waals surface area contributed by atoms with Gasteiger partial charge in [-0.2, -0.15) is 18.3 Å². The number of aromatic nitrogens is 2. The molecular formula is C24H24BrF3N2O3. The van der Waals surface area contributed by atoms with Gasteiger partial charge in [-0.1, -0.05) is 40.2 Å². The van der Waals surface area contributed by atoms with Gasteiger partial charge >= 0.3 is 6.18 Å². The first-order chi connectivity index (χ1) is 15.8. The lowest BCUT2D eigenvalue weighted by Gasteiger charge is -2.28. The summed E-state index contributed by atoms with van der Waals surface area (Å²) in [6, 6.07) is 14.5. The molecule has 1 aliphatic carbocycles. The van der Waals surface area contributed by atoms with Crippen LogP contribution in [0.5, 0.6) is 11.5 Å². The third-order valence-electron chi connectivity index (χ3n) is 5.70. The number of alkyl halides is 4. The van der Waals surface area contributed by atoms with E-state index in [0.29, 0.717) is 30.0 Å². The Morgan fingerprint density at radius 1 is 0.939 bits per heavy atom. The van der Waals surface area contributed by atoms with Gasteiger partial charge in [0.25, 0.3) is 0 Å². The first-order valence-electron chi connectivity index (χ1n) is 10.5. The van der Waals surface area contributed by atoms with Crippen LogP contribution in [0.3, 0.4) is 0 Å². The number of halogens is 4. The molecule has 0 spiro atoms. The molecule has 4 rings (SSSR count). The Balaban J connectivity index is 1.64. The summed E-state index contributed by atoms with van der Waals surface area (Å²) in [5, 5.41) is 4.01. The monoisotopic (exact) mass is 524 g/mol. The van der Waals surface area contributed by atoms with Gasteiger partial charge in [0.15, 0.2) is 5.69 Å². The zero-order valence-corrected chi connectivity index (χ0v) is 19.8. The van der Waals surface area contributed by atoms with Gasteiger partial charge in [0, 0.05) is 5.56 Å². The molecule has 2 unspecified atom stereocenters. The number of nitrogens with zero attached hydrogens (tertiary/aromatic N) is 2. The summed E-state index contributed by atoms with van der Waals surface area (Å²) in [6.45, 7) is 0.414. The zero-order chi connectivity index (χ0) is 23.6. The van der Waals surface area contributed by atoms with Crippen LogP contribution in [0.15, 0.2) is 48.5 Å². The maximum absolute atomic E-state index is 14.0. The van der Waals surface area contributed by atoms with Crippen molar-refractivity contribution in [1.82, 2.24) is 9.78 Å². The summed E-state index contributed by atoms with van der Waals surface area (Å²) in [7, 11) is 3.14. The molecule has 0 saturated heterocycles. The van der Waals surface area contributed by atoms with Gasteiger partial charge in [0.1, 0.15) is 11.5 Å². The molecular weight excluding hydrogens is 501 g/mol. The minimum absolute atomic E-state index is 0.123.